The molecule has 0 aromatic heterocycles. The fraction of sp³-hybridized carbons (Fsp3) is 0.455. The minimum Gasteiger partial charge on any atom is -0.157 e. The summed E-state index contributed by atoms with van der Waals surface area (Å²) in [6, 6.07) is 10.7. The quantitative estimate of drug-likeness (QED) is 0.681. The molecule has 0 bridgehead atoms. The standard InChI is InChI=1S/C11H14S/c1-2-4-10(5-3-1)8-12-9-11-6-7-11/h1-5,11H,6-9H2. The van der Waals surface area contributed by atoms with Crippen LogP contribution in [-0.2, 0) is 5.75 Å². The van der Waals surface area contributed by atoms with E-state index in [9.17, 15) is 0 Å². The zero-order valence-corrected chi connectivity index (χ0v) is 8.02. The number of benzene rings is 1. The molecule has 64 valence electrons. The Morgan fingerprint density at radius 3 is 2.58 bits per heavy atom. The summed E-state index contributed by atoms with van der Waals surface area (Å²) >= 11 is 2.08. The number of hydrogen-bond donors (Lipinski definition) is 0. The third-order valence-electron chi connectivity index (χ3n) is 2.16. The topological polar surface area (TPSA) is 0 Å². The molecule has 1 aromatic rings. The van der Waals surface area contributed by atoms with Crippen molar-refractivity contribution in [1.82, 2.24) is 0 Å². The summed E-state index contributed by atoms with van der Waals surface area (Å²) in [6.07, 6.45) is 2.95. The van der Waals surface area contributed by atoms with Crippen LogP contribution in [0.3, 0.4) is 0 Å². The lowest BCUT2D eigenvalue weighted by atomic mass is 10.2. The zero-order valence-electron chi connectivity index (χ0n) is 7.20. The first-order valence-electron chi connectivity index (χ1n) is 4.57. The Labute approximate surface area is 78.4 Å². The Morgan fingerprint density at radius 1 is 1.17 bits per heavy atom. The average molecular weight is 178 g/mol. The summed E-state index contributed by atoms with van der Waals surface area (Å²) in [5.74, 6) is 3.62. The summed E-state index contributed by atoms with van der Waals surface area (Å²) in [6.45, 7) is 0. The molecule has 2 rings (SSSR count). The maximum atomic E-state index is 2.21. The Morgan fingerprint density at radius 2 is 1.92 bits per heavy atom. The molecule has 0 unspecified atom stereocenters. The Kier molecular flexibility index (Phi) is 2.72. The molecule has 0 atom stereocenters. The first-order chi connectivity index (χ1) is 5.95. The van der Waals surface area contributed by atoms with Gasteiger partial charge < -0.3 is 0 Å². The van der Waals surface area contributed by atoms with Crippen LogP contribution >= 0.6 is 11.8 Å². The van der Waals surface area contributed by atoms with Crippen LogP contribution in [-0.4, -0.2) is 5.75 Å². The molecule has 0 radical (unpaired) electrons. The smallest absolute Gasteiger partial charge is 0.0184 e. The highest BCUT2D eigenvalue weighted by Crippen LogP contribution is 2.33. The van der Waals surface area contributed by atoms with Gasteiger partial charge in [-0.2, -0.15) is 11.8 Å². The zero-order chi connectivity index (χ0) is 8.23. The molecular formula is C11H14S. The van der Waals surface area contributed by atoms with Crippen molar-refractivity contribution in [3.05, 3.63) is 35.9 Å². The Bertz CT molecular complexity index is 226. The molecule has 0 nitrogen and oxygen atoms in total. The van der Waals surface area contributed by atoms with E-state index in [4.69, 9.17) is 0 Å². The summed E-state index contributed by atoms with van der Waals surface area (Å²) in [4.78, 5) is 0. The Balaban J connectivity index is 1.72. The van der Waals surface area contributed by atoms with E-state index in [0.29, 0.717) is 0 Å². The van der Waals surface area contributed by atoms with Crippen molar-refractivity contribution in [2.75, 3.05) is 5.75 Å². The first-order valence-corrected chi connectivity index (χ1v) is 5.72. The molecule has 1 aliphatic rings. The van der Waals surface area contributed by atoms with Crippen LogP contribution in [0.25, 0.3) is 0 Å². The van der Waals surface area contributed by atoms with Crippen LogP contribution in [0.4, 0.5) is 0 Å². The fourth-order valence-electron chi connectivity index (χ4n) is 1.20. The van der Waals surface area contributed by atoms with Gasteiger partial charge in [0.2, 0.25) is 0 Å². The lowest BCUT2D eigenvalue weighted by Crippen LogP contribution is -1.83. The van der Waals surface area contributed by atoms with Gasteiger partial charge in [0.25, 0.3) is 0 Å². The van der Waals surface area contributed by atoms with E-state index >= 15 is 0 Å². The predicted octanol–water partition coefficient (Wildman–Crippen LogP) is 3.33. The van der Waals surface area contributed by atoms with Crippen LogP contribution < -0.4 is 0 Å². The third-order valence-corrected chi connectivity index (χ3v) is 3.41. The van der Waals surface area contributed by atoms with Crippen LogP contribution in [0.5, 0.6) is 0 Å². The molecule has 0 spiro atoms. The molecule has 1 fully saturated rings. The van der Waals surface area contributed by atoms with Crippen LogP contribution in [0.2, 0.25) is 0 Å². The maximum absolute atomic E-state index is 2.21. The second-order valence-corrected chi connectivity index (χ2v) is 4.47. The molecule has 1 aromatic carbocycles. The summed E-state index contributed by atoms with van der Waals surface area (Å²) in [5, 5.41) is 0. The van der Waals surface area contributed by atoms with E-state index in [-0.39, 0.29) is 0 Å². The van der Waals surface area contributed by atoms with Crippen molar-refractivity contribution in [3.63, 3.8) is 0 Å². The normalized spacial score (nSPS) is 16.3. The van der Waals surface area contributed by atoms with Crippen molar-refractivity contribution in [3.8, 4) is 0 Å². The van der Waals surface area contributed by atoms with Crippen molar-refractivity contribution >= 4 is 11.8 Å². The van der Waals surface area contributed by atoms with Crippen molar-refractivity contribution in [2.24, 2.45) is 5.92 Å². The summed E-state index contributed by atoms with van der Waals surface area (Å²) in [5.41, 5.74) is 1.46. The average Bonchev–Trinajstić information content (AvgIpc) is 2.90. The number of rotatable bonds is 4. The van der Waals surface area contributed by atoms with E-state index in [2.05, 4.69) is 42.1 Å². The molecule has 1 heteroatoms. The lowest BCUT2D eigenvalue weighted by molar-refractivity contribution is 0.999. The number of thioether (sulfide) groups is 1. The van der Waals surface area contributed by atoms with Crippen LogP contribution in [0.15, 0.2) is 30.3 Å². The van der Waals surface area contributed by atoms with E-state index in [1.54, 1.807) is 0 Å². The summed E-state index contributed by atoms with van der Waals surface area (Å²) < 4.78 is 0. The van der Waals surface area contributed by atoms with E-state index in [0.717, 1.165) is 5.92 Å². The van der Waals surface area contributed by atoms with Gasteiger partial charge in [0, 0.05) is 5.75 Å². The van der Waals surface area contributed by atoms with Gasteiger partial charge >= 0.3 is 0 Å². The van der Waals surface area contributed by atoms with Gasteiger partial charge in [-0.05, 0) is 30.1 Å². The fourth-order valence-corrected chi connectivity index (χ4v) is 2.41. The van der Waals surface area contributed by atoms with Crippen molar-refractivity contribution < 1.29 is 0 Å². The monoisotopic (exact) mass is 178 g/mol. The van der Waals surface area contributed by atoms with Gasteiger partial charge in [-0.25, -0.2) is 0 Å². The molecule has 1 aliphatic carbocycles. The third kappa shape index (κ3) is 2.56. The highest BCUT2D eigenvalue weighted by atomic mass is 32.2. The molecule has 0 N–H and O–H groups in total. The van der Waals surface area contributed by atoms with Gasteiger partial charge in [0.1, 0.15) is 0 Å². The second kappa shape index (κ2) is 3.99. The second-order valence-electron chi connectivity index (χ2n) is 3.44. The van der Waals surface area contributed by atoms with Gasteiger partial charge in [0.15, 0.2) is 0 Å². The Hall–Kier alpha value is -0.430. The molecule has 12 heavy (non-hydrogen) atoms. The molecule has 0 heterocycles. The highest BCUT2D eigenvalue weighted by Gasteiger charge is 2.20. The number of hydrogen-bond acceptors (Lipinski definition) is 1. The molecule has 0 aliphatic heterocycles. The van der Waals surface area contributed by atoms with Gasteiger partial charge in [-0.3, -0.25) is 0 Å². The minimum absolute atomic E-state index is 1.05. The van der Waals surface area contributed by atoms with Crippen molar-refractivity contribution in [2.45, 2.75) is 18.6 Å². The highest BCUT2D eigenvalue weighted by molar-refractivity contribution is 7.98. The summed E-state index contributed by atoms with van der Waals surface area (Å²) in [7, 11) is 0. The largest absolute Gasteiger partial charge is 0.157 e. The molecule has 0 amide bonds. The van der Waals surface area contributed by atoms with Crippen LogP contribution in [0, 0.1) is 5.92 Å². The molecular weight excluding hydrogens is 164 g/mol. The maximum Gasteiger partial charge on any atom is 0.0184 e. The molecule has 0 saturated heterocycles. The van der Waals surface area contributed by atoms with Gasteiger partial charge in [-0.15, -0.1) is 0 Å². The van der Waals surface area contributed by atoms with Gasteiger partial charge in [-0.1, -0.05) is 30.3 Å². The predicted molar refractivity (Wildman–Crippen MR) is 55.3 cm³/mol. The van der Waals surface area contributed by atoms with E-state index < -0.39 is 0 Å². The lowest BCUT2D eigenvalue weighted by Gasteiger charge is -1.99. The first kappa shape index (κ1) is 8.18. The van der Waals surface area contributed by atoms with Crippen molar-refractivity contribution in [1.29, 1.82) is 0 Å². The van der Waals surface area contributed by atoms with Crippen LogP contribution in [0.1, 0.15) is 18.4 Å². The SMILES string of the molecule is c1ccc(CSCC2CC2)cc1. The van der Waals surface area contributed by atoms with E-state index in [1.807, 2.05) is 0 Å². The minimum atomic E-state index is 1.05. The van der Waals surface area contributed by atoms with Gasteiger partial charge in [0.05, 0.1) is 0 Å². The van der Waals surface area contributed by atoms with E-state index in [1.165, 1.54) is 29.9 Å². The molecule has 1 saturated carbocycles.